The summed E-state index contributed by atoms with van der Waals surface area (Å²) in [7, 11) is 2.15. The van der Waals surface area contributed by atoms with Gasteiger partial charge in [-0.05, 0) is 40.5 Å². The molecule has 0 unspecified atom stereocenters. The molecule has 0 aliphatic carbocycles. The third kappa shape index (κ3) is 4.27. The van der Waals surface area contributed by atoms with Gasteiger partial charge >= 0.3 is 11.9 Å². The summed E-state index contributed by atoms with van der Waals surface area (Å²) in [5.74, 6) is -3.80. The third-order valence-corrected chi connectivity index (χ3v) is 4.92. The van der Waals surface area contributed by atoms with Gasteiger partial charge in [0.25, 0.3) is 5.70 Å². The van der Waals surface area contributed by atoms with Crippen LogP contribution >= 0.6 is 15.9 Å². The van der Waals surface area contributed by atoms with Crippen LogP contribution in [0.5, 0.6) is 0 Å². The lowest BCUT2D eigenvalue weighted by Crippen LogP contribution is -2.45. The highest BCUT2D eigenvalue weighted by Crippen LogP contribution is 2.28. The number of fused-ring (bicyclic) bond motifs is 1. The number of nitrogens with zero attached hydrogens (tertiary/aromatic N) is 1. The van der Waals surface area contributed by atoms with Crippen molar-refractivity contribution in [1.29, 1.82) is 0 Å². The molecule has 1 heterocycles. The minimum Gasteiger partial charge on any atom is -0.863 e. The zero-order chi connectivity index (χ0) is 20.1. The van der Waals surface area contributed by atoms with Crippen molar-refractivity contribution < 1.29 is 33.1 Å². The van der Waals surface area contributed by atoms with Crippen molar-refractivity contribution in [1.82, 2.24) is 0 Å². The van der Waals surface area contributed by atoms with Gasteiger partial charge in [0.05, 0.1) is 29.8 Å². The lowest BCUT2D eigenvalue weighted by Gasteiger charge is -2.15. The van der Waals surface area contributed by atoms with Crippen molar-refractivity contribution in [2.75, 3.05) is 14.2 Å². The third-order valence-electron chi connectivity index (χ3n) is 4.04. The highest BCUT2D eigenvalue weighted by atomic mass is 79.9. The highest BCUT2D eigenvalue weighted by molar-refractivity contribution is 9.10. The molecule has 2 aromatic rings. The molecule has 0 saturated heterocycles. The first kappa shape index (κ1) is 20.8. The molecule has 1 aromatic carbocycles. The Labute approximate surface area is 164 Å². The predicted octanol–water partition coefficient (Wildman–Crippen LogP) is 2.25. The number of halogens is 2. The largest absolute Gasteiger partial charge is 0.863 e. The van der Waals surface area contributed by atoms with Gasteiger partial charge in [0.2, 0.25) is 5.69 Å². The smallest absolute Gasteiger partial charge is 0.403 e. The van der Waals surface area contributed by atoms with E-state index in [0.717, 1.165) is 27.1 Å². The van der Waals surface area contributed by atoms with Gasteiger partial charge in [-0.25, -0.2) is 14.0 Å². The van der Waals surface area contributed by atoms with Crippen LogP contribution in [0.25, 0.3) is 16.5 Å². The number of unbranched alkanes of at least 4 members (excludes halogenated alkanes) is 1. The fourth-order valence-electron chi connectivity index (χ4n) is 2.68. The number of rotatable bonds is 6. The Morgan fingerprint density at radius 1 is 1.22 bits per heavy atom. The zero-order valence-corrected chi connectivity index (χ0v) is 16.8. The Balaban J connectivity index is 2.90. The lowest BCUT2D eigenvalue weighted by atomic mass is 10.1. The van der Waals surface area contributed by atoms with Crippen LogP contribution in [0.1, 0.15) is 25.5 Å². The first-order valence-electron chi connectivity index (χ1n) is 8.26. The van der Waals surface area contributed by atoms with E-state index in [9.17, 15) is 19.1 Å². The molecule has 0 saturated carbocycles. The second-order valence-corrected chi connectivity index (χ2v) is 6.55. The van der Waals surface area contributed by atoms with Gasteiger partial charge in [0.15, 0.2) is 6.20 Å². The minimum absolute atomic E-state index is 0.446. The Morgan fingerprint density at radius 2 is 1.89 bits per heavy atom. The predicted molar refractivity (Wildman–Crippen MR) is 97.7 cm³/mol. The minimum atomic E-state index is -1.19. The summed E-state index contributed by atoms with van der Waals surface area (Å²) in [4.78, 5) is 24.1. The number of esters is 2. The Kier molecular flexibility index (Phi) is 6.90. The van der Waals surface area contributed by atoms with Crippen LogP contribution in [0.2, 0.25) is 0 Å². The molecule has 0 spiro atoms. The maximum Gasteiger partial charge on any atom is 0.403 e. The number of methoxy groups -OCH3 is 2. The van der Waals surface area contributed by atoms with Crippen molar-refractivity contribution in [2.24, 2.45) is 0 Å². The van der Waals surface area contributed by atoms with Gasteiger partial charge in [0, 0.05) is 11.8 Å². The second-order valence-electron chi connectivity index (χ2n) is 5.76. The van der Waals surface area contributed by atoms with Gasteiger partial charge < -0.3 is 14.6 Å². The maximum absolute atomic E-state index is 13.7. The summed E-state index contributed by atoms with van der Waals surface area (Å²) in [5.41, 5.74) is 0.0796. The van der Waals surface area contributed by atoms with Crippen LogP contribution in [-0.2, 0) is 25.5 Å². The summed E-state index contributed by atoms with van der Waals surface area (Å²) >= 11 is 3.49. The van der Waals surface area contributed by atoms with Crippen molar-refractivity contribution in [2.45, 2.75) is 26.2 Å². The Hall–Kier alpha value is -2.48. The Morgan fingerprint density at radius 3 is 2.48 bits per heavy atom. The molecule has 2 rings (SSSR count). The fourth-order valence-corrected chi connectivity index (χ4v) is 3.43. The highest BCUT2D eigenvalue weighted by Gasteiger charge is 2.31. The summed E-state index contributed by atoms with van der Waals surface area (Å²) in [6, 6.07) is 4.21. The summed E-state index contributed by atoms with van der Waals surface area (Å²) in [6.45, 7) is 2.00. The number of ether oxygens (including phenoxy) is 2. The molecular formula is C19H19BrFNO5. The SMILES string of the molecule is CCCCc1c(Br)c2ccc(F)cc2c[n+]1/C(C(=O)OC)=C(\[O-])C(=O)OC. The van der Waals surface area contributed by atoms with E-state index < -0.39 is 29.2 Å². The maximum atomic E-state index is 13.7. The quantitative estimate of drug-likeness (QED) is 0.298. The van der Waals surface area contributed by atoms with Crippen LogP contribution in [0.15, 0.2) is 34.6 Å². The van der Waals surface area contributed by atoms with Crippen LogP contribution in [-0.4, -0.2) is 26.2 Å². The number of hydrogen-bond donors (Lipinski definition) is 0. The van der Waals surface area contributed by atoms with Crippen molar-refractivity contribution >= 4 is 44.3 Å². The van der Waals surface area contributed by atoms with E-state index in [1.54, 1.807) is 6.07 Å². The van der Waals surface area contributed by atoms with Crippen LogP contribution in [0.4, 0.5) is 4.39 Å². The molecular weight excluding hydrogens is 421 g/mol. The summed E-state index contributed by atoms with van der Waals surface area (Å²) < 4.78 is 24.8. The van der Waals surface area contributed by atoms with E-state index in [0.29, 0.717) is 27.4 Å². The molecule has 0 radical (unpaired) electrons. The topological polar surface area (TPSA) is 79.5 Å². The van der Waals surface area contributed by atoms with Crippen LogP contribution < -0.4 is 9.67 Å². The molecule has 6 nitrogen and oxygen atoms in total. The first-order chi connectivity index (χ1) is 12.8. The molecule has 0 atom stereocenters. The molecule has 27 heavy (non-hydrogen) atoms. The molecule has 0 bridgehead atoms. The molecule has 144 valence electrons. The van der Waals surface area contributed by atoms with Crippen molar-refractivity contribution in [3.63, 3.8) is 0 Å². The van der Waals surface area contributed by atoms with Crippen molar-refractivity contribution in [3.8, 4) is 0 Å². The van der Waals surface area contributed by atoms with Crippen LogP contribution in [0, 0.1) is 5.82 Å². The molecule has 0 N–H and O–H groups in total. The molecule has 0 aliphatic rings. The first-order valence-corrected chi connectivity index (χ1v) is 9.05. The Bertz CT molecular complexity index is 926. The summed E-state index contributed by atoms with van der Waals surface area (Å²) in [6.07, 6.45) is 3.60. The van der Waals surface area contributed by atoms with Crippen molar-refractivity contribution in [3.05, 3.63) is 46.1 Å². The molecule has 0 amide bonds. The average molecular weight is 440 g/mol. The van der Waals surface area contributed by atoms with E-state index in [1.165, 1.54) is 22.9 Å². The standard InChI is InChI=1S/C19H19BrFNO5/c1-4-5-6-14-15(20)13-8-7-12(21)9-11(13)10-22(14)16(18(24)26-2)17(23)19(25)27-3/h7-10H,4-6H2,1-3H3. The summed E-state index contributed by atoms with van der Waals surface area (Å²) in [5, 5.41) is 13.7. The van der Waals surface area contributed by atoms with Gasteiger partial charge in [-0.1, -0.05) is 13.3 Å². The zero-order valence-electron chi connectivity index (χ0n) is 15.2. The second kappa shape index (κ2) is 8.94. The number of carbonyl (C=O) groups excluding carboxylic acids is 2. The van der Waals surface area contributed by atoms with E-state index in [4.69, 9.17) is 4.74 Å². The fraction of sp³-hybridized carbons (Fsp3) is 0.316. The number of benzene rings is 1. The van der Waals surface area contributed by atoms with E-state index >= 15 is 0 Å². The number of aromatic nitrogens is 1. The number of pyridine rings is 1. The van der Waals surface area contributed by atoms with E-state index in [2.05, 4.69) is 20.7 Å². The lowest BCUT2D eigenvalue weighted by molar-refractivity contribution is -0.590. The monoisotopic (exact) mass is 439 g/mol. The number of hydrogen-bond acceptors (Lipinski definition) is 5. The van der Waals surface area contributed by atoms with Gasteiger partial charge in [-0.15, -0.1) is 0 Å². The van der Waals surface area contributed by atoms with Gasteiger partial charge in [-0.3, -0.25) is 0 Å². The molecule has 8 heteroatoms. The van der Waals surface area contributed by atoms with Crippen LogP contribution in [0.3, 0.4) is 0 Å². The van der Waals surface area contributed by atoms with Gasteiger partial charge in [0.1, 0.15) is 5.82 Å². The molecule has 0 aliphatic heterocycles. The van der Waals surface area contributed by atoms with E-state index in [1.807, 2.05) is 6.92 Å². The molecule has 1 aromatic heterocycles. The normalized spacial score (nSPS) is 11.9. The molecule has 0 fully saturated rings. The average Bonchev–Trinajstić information content (AvgIpc) is 2.66. The van der Waals surface area contributed by atoms with Gasteiger partial charge in [-0.2, -0.15) is 4.57 Å². The number of carbonyl (C=O) groups is 2. The van der Waals surface area contributed by atoms with E-state index in [-0.39, 0.29) is 0 Å².